The van der Waals surface area contributed by atoms with Crippen LogP contribution in [-0.4, -0.2) is 45.0 Å². The van der Waals surface area contributed by atoms with E-state index >= 15 is 0 Å². The van der Waals surface area contributed by atoms with Gasteiger partial charge in [0.1, 0.15) is 0 Å². The number of pyridine rings is 1. The van der Waals surface area contributed by atoms with Crippen molar-refractivity contribution in [1.29, 1.82) is 0 Å². The molecule has 4 rings (SSSR count). The van der Waals surface area contributed by atoms with E-state index in [1.807, 2.05) is 42.1 Å². The summed E-state index contributed by atoms with van der Waals surface area (Å²) in [6, 6.07) is 7.63. The quantitative estimate of drug-likeness (QED) is 0.724. The molecule has 7 heteroatoms. The summed E-state index contributed by atoms with van der Waals surface area (Å²) in [5.41, 5.74) is 8.88. The van der Waals surface area contributed by atoms with E-state index in [4.69, 9.17) is 5.73 Å². The Balaban J connectivity index is 1.53. The fourth-order valence-corrected chi connectivity index (χ4v) is 3.71. The minimum atomic E-state index is -0.203. The molecule has 1 fully saturated rings. The number of nitrogen functional groups attached to an aromatic ring is 1. The van der Waals surface area contributed by atoms with Gasteiger partial charge in [-0.1, -0.05) is 18.2 Å². The van der Waals surface area contributed by atoms with Gasteiger partial charge in [-0.3, -0.25) is 14.7 Å². The molecule has 7 nitrogen and oxygen atoms in total. The number of nitrogens with two attached hydrogens (primary N) is 1. The maximum Gasteiger partial charge on any atom is 0.255 e. The van der Waals surface area contributed by atoms with Gasteiger partial charge in [0.25, 0.3) is 5.91 Å². The van der Waals surface area contributed by atoms with Crippen molar-refractivity contribution in [1.82, 2.24) is 24.8 Å². The first kappa shape index (κ1) is 17.5. The number of aryl methyl sites for hydroxylation is 1. The second-order valence-corrected chi connectivity index (χ2v) is 7.04. The predicted octanol–water partition coefficient (Wildman–Crippen LogP) is 2.12. The first-order valence-corrected chi connectivity index (χ1v) is 9.27. The molecular formula is C20H24N6O. The Morgan fingerprint density at radius 1 is 1.26 bits per heavy atom. The lowest BCUT2D eigenvalue weighted by Gasteiger charge is -2.26. The number of carbonyl (C=O) groups excluding carboxylic acids is 1. The van der Waals surface area contributed by atoms with Gasteiger partial charge in [0, 0.05) is 31.4 Å². The number of hydrogen-bond donors (Lipinski definition) is 2. The Bertz CT molecular complexity index is 960. The van der Waals surface area contributed by atoms with Crippen molar-refractivity contribution in [2.75, 3.05) is 25.4 Å². The van der Waals surface area contributed by atoms with E-state index in [1.54, 1.807) is 12.5 Å². The fourth-order valence-electron chi connectivity index (χ4n) is 3.71. The molecule has 27 heavy (non-hydrogen) atoms. The number of rotatable bonds is 5. The van der Waals surface area contributed by atoms with Crippen LogP contribution >= 0.6 is 0 Å². The molecule has 1 saturated heterocycles. The molecule has 2 aromatic heterocycles. The van der Waals surface area contributed by atoms with Crippen molar-refractivity contribution in [3.05, 3.63) is 54.2 Å². The number of carbonyl (C=O) groups is 1. The van der Waals surface area contributed by atoms with Crippen LogP contribution in [0.2, 0.25) is 0 Å². The minimum Gasteiger partial charge on any atom is -0.397 e. The zero-order valence-corrected chi connectivity index (χ0v) is 15.4. The number of nitrogens with zero attached hydrogens (tertiary/aromatic N) is 4. The van der Waals surface area contributed by atoms with Gasteiger partial charge in [-0.25, -0.2) is 4.98 Å². The summed E-state index contributed by atoms with van der Waals surface area (Å²) in [7, 11) is 1.96. The lowest BCUT2D eigenvalue weighted by molar-refractivity contribution is 0.0938. The third-order valence-corrected chi connectivity index (χ3v) is 5.17. The molecule has 1 amide bonds. The van der Waals surface area contributed by atoms with Gasteiger partial charge in [-0.15, -0.1) is 0 Å². The van der Waals surface area contributed by atoms with Crippen LogP contribution in [0.25, 0.3) is 10.9 Å². The smallest absolute Gasteiger partial charge is 0.255 e. The van der Waals surface area contributed by atoms with Crippen molar-refractivity contribution in [2.24, 2.45) is 7.05 Å². The van der Waals surface area contributed by atoms with Gasteiger partial charge in [-0.05, 0) is 32.0 Å². The molecule has 0 aliphatic carbocycles. The Labute approximate surface area is 158 Å². The molecule has 1 unspecified atom stereocenters. The Morgan fingerprint density at radius 2 is 2.04 bits per heavy atom. The third kappa shape index (κ3) is 3.50. The van der Waals surface area contributed by atoms with Gasteiger partial charge < -0.3 is 15.6 Å². The van der Waals surface area contributed by atoms with Crippen LogP contribution < -0.4 is 11.1 Å². The predicted molar refractivity (Wildman–Crippen MR) is 105 cm³/mol. The average Bonchev–Trinajstić information content (AvgIpc) is 3.35. The van der Waals surface area contributed by atoms with E-state index in [2.05, 4.69) is 20.2 Å². The highest BCUT2D eigenvalue weighted by molar-refractivity contribution is 6.06. The second-order valence-electron chi connectivity index (χ2n) is 7.04. The molecule has 1 atom stereocenters. The molecule has 140 valence electrons. The second kappa shape index (κ2) is 7.36. The molecule has 0 spiro atoms. The first-order valence-electron chi connectivity index (χ1n) is 9.27. The van der Waals surface area contributed by atoms with Gasteiger partial charge in [0.15, 0.2) is 0 Å². The van der Waals surface area contributed by atoms with Crippen molar-refractivity contribution in [3.63, 3.8) is 0 Å². The van der Waals surface area contributed by atoms with Crippen LogP contribution in [0, 0.1) is 0 Å². The zero-order chi connectivity index (χ0) is 18.8. The molecule has 1 aliphatic rings. The fraction of sp³-hybridized carbons (Fsp3) is 0.350. The number of nitrogens with one attached hydrogen (secondary N) is 1. The van der Waals surface area contributed by atoms with Gasteiger partial charge >= 0.3 is 0 Å². The van der Waals surface area contributed by atoms with E-state index < -0.39 is 0 Å². The number of likely N-dealkylation sites (tertiary alicyclic amines) is 1. The Kier molecular flexibility index (Phi) is 4.77. The number of para-hydroxylation sites is 1. The number of fused-ring (bicyclic) bond motifs is 1. The summed E-state index contributed by atoms with van der Waals surface area (Å²) in [5, 5.41) is 3.84. The van der Waals surface area contributed by atoms with E-state index in [1.165, 1.54) is 12.8 Å². The summed E-state index contributed by atoms with van der Waals surface area (Å²) in [5.74, 6) is -0.203. The van der Waals surface area contributed by atoms with Crippen molar-refractivity contribution in [2.45, 2.75) is 18.9 Å². The van der Waals surface area contributed by atoms with E-state index in [0.29, 0.717) is 17.8 Å². The summed E-state index contributed by atoms with van der Waals surface area (Å²) in [4.78, 5) is 24.0. The van der Waals surface area contributed by atoms with Crippen LogP contribution in [0.3, 0.4) is 0 Å². The van der Waals surface area contributed by atoms with E-state index in [0.717, 1.165) is 29.7 Å². The number of anilines is 1. The molecule has 0 saturated carbocycles. The average molecular weight is 364 g/mol. The number of hydrogen-bond acceptors (Lipinski definition) is 5. The molecule has 3 aromatic rings. The van der Waals surface area contributed by atoms with Crippen molar-refractivity contribution in [3.8, 4) is 0 Å². The monoisotopic (exact) mass is 364 g/mol. The van der Waals surface area contributed by atoms with Crippen molar-refractivity contribution < 1.29 is 4.79 Å². The molecule has 0 bridgehead atoms. The Hall–Kier alpha value is -2.93. The van der Waals surface area contributed by atoms with Gasteiger partial charge in [0.2, 0.25) is 0 Å². The molecule has 3 heterocycles. The maximum atomic E-state index is 12.8. The SMILES string of the molecule is Cn1cnc(C(CNC(=O)c2cnc3ccccc3c2N)N2CCCC2)c1. The van der Waals surface area contributed by atoms with Crippen LogP contribution in [0.4, 0.5) is 5.69 Å². The summed E-state index contributed by atoms with van der Waals surface area (Å²) >= 11 is 0. The van der Waals surface area contributed by atoms with E-state index in [9.17, 15) is 4.79 Å². The van der Waals surface area contributed by atoms with Gasteiger partial charge in [-0.2, -0.15) is 0 Å². The standard InChI is InChI=1S/C20H24N6O/c1-25-12-17(24-13-25)18(26-8-4-5-9-26)11-23-20(27)15-10-22-16-7-3-2-6-14(16)19(15)21/h2-3,6-7,10,12-13,18H,4-5,8-9,11H2,1H3,(H2,21,22)(H,23,27). The topological polar surface area (TPSA) is 89.1 Å². The molecule has 1 aromatic carbocycles. The molecule has 0 radical (unpaired) electrons. The molecule has 1 aliphatic heterocycles. The van der Waals surface area contributed by atoms with Crippen LogP contribution in [-0.2, 0) is 7.05 Å². The highest BCUT2D eigenvalue weighted by Gasteiger charge is 2.26. The minimum absolute atomic E-state index is 0.0623. The largest absolute Gasteiger partial charge is 0.397 e. The maximum absolute atomic E-state index is 12.8. The number of benzene rings is 1. The number of amides is 1. The first-order chi connectivity index (χ1) is 13.1. The number of imidazole rings is 1. The highest BCUT2D eigenvalue weighted by Crippen LogP contribution is 2.25. The lowest BCUT2D eigenvalue weighted by Crippen LogP contribution is -2.37. The summed E-state index contributed by atoms with van der Waals surface area (Å²) in [6.45, 7) is 2.54. The molecule has 3 N–H and O–H groups in total. The molecular weight excluding hydrogens is 340 g/mol. The van der Waals surface area contributed by atoms with Crippen LogP contribution in [0.15, 0.2) is 43.0 Å². The third-order valence-electron chi connectivity index (χ3n) is 5.17. The van der Waals surface area contributed by atoms with E-state index in [-0.39, 0.29) is 11.9 Å². The van der Waals surface area contributed by atoms with Crippen molar-refractivity contribution >= 4 is 22.5 Å². The van der Waals surface area contributed by atoms with Crippen LogP contribution in [0.1, 0.15) is 34.9 Å². The zero-order valence-electron chi connectivity index (χ0n) is 15.4. The normalized spacial score (nSPS) is 15.9. The lowest BCUT2D eigenvalue weighted by atomic mass is 10.1. The van der Waals surface area contributed by atoms with Gasteiger partial charge in [0.05, 0.1) is 34.8 Å². The highest BCUT2D eigenvalue weighted by atomic mass is 16.1. The number of aromatic nitrogens is 3. The summed E-state index contributed by atoms with van der Waals surface area (Å²) < 4.78 is 1.94. The summed E-state index contributed by atoms with van der Waals surface area (Å²) in [6.07, 6.45) is 7.73. The Morgan fingerprint density at radius 3 is 2.78 bits per heavy atom. The van der Waals surface area contributed by atoms with Crippen LogP contribution in [0.5, 0.6) is 0 Å².